The van der Waals surface area contributed by atoms with E-state index in [4.69, 9.17) is 21.8 Å². The average Bonchev–Trinajstić information content (AvgIpc) is 3.29. The van der Waals surface area contributed by atoms with Crippen LogP contribution in [0.5, 0.6) is 0 Å². The number of nitrogens with two attached hydrogens (primary N) is 1. The third kappa shape index (κ3) is 4.88. The molecule has 0 saturated heterocycles. The van der Waals surface area contributed by atoms with E-state index in [9.17, 15) is 12.8 Å². The summed E-state index contributed by atoms with van der Waals surface area (Å²) < 4.78 is 45.2. The Hall–Kier alpha value is -3.41. The second-order valence-electron chi connectivity index (χ2n) is 7.98. The van der Waals surface area contributed by atoms with E-state index in [0.29, 0.717) is 17.8 Å². The monoisotopic (exact) mass is 522 g/mol. The molecule has 9 nitrogen and oxygen atoms in total. The Morgan fingerprint density at radius 1 is 1.17 bits per heavy atom. The van der Waals surface area contributed by atoms with Gasteiger partial charge in [-0.2, -0.15) is 0 Å². The molecule has 12 heteroatoms. The zero-order chi connectivity index (χ0) is 25.3. The number of nitrogens with zero attached hydrogens (tertiary/aromatic N) is 4. The summed E-state index contributed by atoms with van der Waals surface area (Å²) in [7, 11) is -1.78. The van der Waals surface area contributed by atoms with Crippen LogP contribution in [0.25, 0.3) is 34.3 Å². The first-order valence-corrected chi connectivity index (χ1v) is 12.5. The second kappa shape index (κ2) is 9.68. The number of anilines is 1. The van der Waals surface area contributed by atoms with Crippen LogP contribution >= 0.6 is 11.6 Å². The highest BCUT2D eigenvalue weighted by Gasteiger charge is 2.23. The van der Waals surface area contributed by atoms with Gasteiger partial charge in [0.15, 0.2) is 21.3 Å². The van der Waals surface area contributed by atoms with E-state index in [1.807, 2.05) is 0 Å². The van der Waals surface area contributed by atoms with Crippen LogP contribution in [-0.2, 0) is 16.4 Å². The Balaban J connectivity index is 0.00000241. The number of nitrogen functional groups attached to an aromatic ring is 1. The highest BCUT2D eigenvalue weighted by molar-refractivity contribution is 7.92. The number of halogens is 2. The molecule has 2 aromatic heterocycles. The van der Waals surface area contributed by atoms with Gasteiger partial charge >= 0.3 is 0 Å². The van der Waals surface area contributed by atoms with E-state index in [1.54, 1.807) is 39.1 Å². The summed E-state index contributed by atoms with van der Waals surface area (Å²) in [4.78, 5) is 8.63. The third-order valence-electron chi connectivity index (χ3n) is 5.23. The number of hydrogen-bond acceptors (Lipinski definition) is 9. The number of aromatic nitrogens is 4. The van der Waals surface area contributed by atoms with Crippen LogP contribution in [0.4, 0.5) is 10.2 Å². The molecule has 0 bridgehead atoms. The smallest absolute Gasteiger partial charge is 0.270 e. The number of benzene rings is 2. The van der Waals surface area contributed by atoms with Gasteiger partial charge in [-0.15, -0.1) is 10.2 Å². The van der Waals surface area contributed by atoms with Crippen molar-refractivity contribution in [3.05, 3.63) is 59.0 Å². The van der Waals surface area contributed by atoms with Gasteiger partial charge in [0, 0.05) is 16.4 Å². The van der Waals surface area contributed by atoms with Crippen molar-refractivity contribution in [1.29, 1.82) is 0 Å². The van der Waals surface area contributed by atoms with Crippen LogP contribution < -0.4 is 11.1 Å². The fourth-order valence-corrected chi connectivity index (χ4v) is 4.91. The van der Waals surface area contributed by atoms with Gasteiger partial charge in [0.25, 0.3) is 11.8 Å². The number of hydrogen-bond donors (Lipinski definition) is 2. The van der Waals surface area contributed by atoms with Crippen molar-refractivity contribution in [3.8, 4) is 34.3 Å². The van der Waals surface area contributed by atoms with E-state index < -0.39 is 20.9 Å². The molecule has 0 unspecified atom stereocenters. The Labute approximate surface area is 211 Å². The molecule has 0 amide bonds. The van der Waals surface area contributed by atoms with Gasteiger partial charge in [0.1, 0.15) is 5.82 Å². The largest absolute Gasteiger partial charge is 0.414 e. The van der Waals surface area contributed by atoms with Crippen molar-refractivity contribution in [2.24, 2.45) is 0 Å². The third-order valence-corrected chi connectivity index (χ3v) is 7.86. The molecule has 3 N–H and O–H groups in total. The zero-order valence-electron chi connectivity index (χ0n) is 19.1. The predicted molar refractivity (Wildman–Crippen MR) is 137 cm³/mol. The second-order valence-corrected chi connectivity index (χ2v) is 10.9. The lowest BCUT2D eigenvalue weighted by atomic mass is 10.1. The van der Waals surface area contributed by atoms with Gasteiger partial charge in [0.2, 0.25) is 0 Å². The highest BCUT2D eigenvalue weighted by Crippen LogP contribution is 2.32. The molecule has 4 rings (SSSR count). The van der Waals surface area contributed by atoms with E-state index >= 15 is 0 Å². The number of sulfone groups is 1. The molecular weight excluding hydrogens is 495 g/mol. The van der Waals surface area contributed by atoms with E-state index in [-0.39, 0.29) is 43.1 Å². The molecule has 0 spiro atoms. The van der Waals surface area contributed by atoms with Crippen LogP contribution in [0.3, 0.4) is 0 Å². The zero-order valence-corrected chi connectivity index (χ0v) is 20.7. The SMILES string of the molecule is CNCc1ccc(-c2nnc(-c3nc(-c4ccc(S(=O)(=O)C(C)C)c(Cl)c4)cnc3N)o2)c(F)c1.[HH].[HH].[HH]. The maximum absolute atomic E-state index is 14.6. The lowest BCUT2D eigenvalue weighted by Gasteiger charge is -2.11. The van der Waals surface area contributed by atoms with Crippen molar-refractivity contribution in [2.75, 3.05) is 12.8 Å². The molecule has 35 heavy (non-hydrogen) atoms. The van der Waals surface area contributed by atoms with Crippen molar-refractivity contribution < 1.29 is 21.5 Å². The van der Waals surface area contributed by atoms with Crippen molar-refractivity contribution in [1.82, 2.24) is 25.5 Å². The molecule has 4 aromatic rings. The molecule has 0 atom stereocenters. The van der Waals surface area contributed by atoms with E-state index in [1.165, 1.54) is 24.4 Å². The summed E-state index contributed by atoms with van der Waals surface area (Å²) >= 11 is 6.28. The summed E-state index contributed by atoms with van der Waals surface area (Å²) in [5.41, 5.74) is 7.86. The molecule has 2 aromatic carbocycles. The minimum absolute atomic E-state index is 0. The fraction of sp³-hybridized carbons (Fsp3) is 0.217. The van der Waals surface area contributed by atoms with Crippen LogP contribution in [0.2, 0.25) is 5.02 Å². The van der Waals surface area contributed by atoms with E-state index in [0.717, 1.165) is 5.56 Å². The molecule has 0 aliphatic carbocycles. The van der Waals surface area contributed by atoms with Gasteiger partial charge in [-0.1, -0.05) is 23.7 Å². The Kier molecular flexibility index (Phi) is 6.84. The summed E-state index contributed by atoms with van der Waals surface area (Å²) in [5.74, 6) is -0.562. The Bertz CT molecular complexity index is 1520. The van der Waals surface area contributed by atoms with Crippen molar-refractivity contribution in [3.63, 3.8) is 0 Å². The van der Waals surface area contributed by atoms with Gasteiger partial charge in [-0.3, -0.25) is 0 Å². The van der Waals surface area contributed by atoms with Gasteiger partial charge < -0.3 is 15.5 Å². The first-order valence-electron chi connectivity index (χ1n) is 10.6. The van der Waals surface area contributed by atoms with Crippen molar-refractivity contribution in [2.45, 2.75) is 30.5 Å². The Morgan fingerprint density at radius 2 is 1.91 bits per heavy atom. The maximum atomic E-state index is 14.6. The molecule has 0 saturated carbocycles. The van der Waals surface area contributed by atoms with Gasteiger partial charge in [0.05, 0.1) is 32.6 Å². The van der Waals surface area contributed by atoms with Crippen LogP contribution in [0, 0.1) is 5.82 Å². The molecule has 0 aliphatic heterocycles. The van der Waals surface area contributed by atoms with Crippen LogP contribution in [0.15, 0.2) is 51.9 Å². The minimum atomic E-state index is -3.55. The molecule has 0 aliphatic rings. The average molecular weight is 523 g/mol. The first-order chi connectivity index (χ1) is 16.6. The minimum Gasteiger partial charge on any atom is -0.414 e. The summed E-state index contributed by atoms with van der Waals surface area (Å²) in [6, 6.07) is 9.18. The Morgan fingerprint density at radius 3 is 2.57 bits per heavy atom. The standard InChI is InChI=1S/C23H22ClFN6O3S.3H2/c1-12(2)35(32,33)19-7-5-14(9-16(19)24)18-11-28-21(26)20(29-18)23-31-30-22(34-23)15-6-4-13(10-27-3)8-17(15)25;;;/h4-9,11-12,27H,10H2,1-3H3,(H2,26,28);3*1H. The van der Waals surface area contributed by atoms with Gasteiger partial charge in [-0.25, -0.2) is 22.8 Å². The van der Waals surface area contributed by atoms with Crippen LogP contribution in [-0.4, -0.2) is 40.9 Å². The molecule has 2 heterocycles. The highest BCUT2D eigenvalue weighted by atomic mass is 35.5. The summed E-state index contributed by atoms with van der Waals surface area (Å²) in [6.45, 7) is 3.68. The van der Waals surface area contributed by atoms with E-state index in [2.05, 4.69) is 25.5 Å². The molecule has 0 radical (unpaired) electrons. The topological polar surface area (TPSA) is 137 Å². The normalized spacial score (nSPS) is 11.8. The first kappa shape index (κ1) is 24.7. The number of rotatable bonds is 7. The number of nitrogens with one attached hydrogen (secondary N) is 1. The maximum Gasteiger partial charge on any atom is 0.270 e. The quantitative estimate of drug-likeness (QED) is 0.348. The van der Waals surface area contributed by atoms with Crippen molar-refractivity contribution >= 4 is 27.3 Å². The fourth-order valence-electron chi connectivity index (χ4n) is 3.31. The summed E-state index contributed by atoms with van der Waals surface area (Å²) in [5, 5.41) is 10.3. The lowest BCUT2D eigenvalue weighted by Crippen LogP contribution is -2.14. The summed E-state index contributed by atoms with van der Waals surface area (Å²) in [6.07, 6.45) is 1.42. The van der Waals surface area contributed by atoms with Crippen LogP contribution in [0.1, 0.15) is 23.7 Å². The lowest BCUT2D eigenvalue weighted by molar-refractivity contribution is 0.568. The van der Waals surface area contributed by atoms with Gasteiger partial charge in [-0.05, 0) is 50.7 Å². The molecular formula is C23H28ClFN6O3S. The molecule has 0 fully saturated rings. The predicted octanol–water partition coefficient (Wildman–Crippen LogP) is 4.87. The molecule has 188 valence electrons.